The summed E-state index contributed by atoms with van der Waals surface area (Å²) in [5, 5.41) is 0. The molecule has 1 heterocycles. The molecule has 2 fully saturated rings. The van der Waals surface area contributed by atoms with Gasteiger partial charge in [-0.3, -0.25) is 4.79 Å². The maximum absolute atomic E-state index is 12.0. The number of anilines is 1. The summed E-state index contributed by atoms with van der Waals surface area (Å²) in [7, 11) is 0. The quantitative estimate of drug-likeness (QED) is 0.684. The number of aryl methyl sites for hydroxylation is 1. The molecule has 1 spiro atoms. The van der Waals surface area contributed by atoms with Gasteiger partial charge in [-0.2, -0.15) is 0 Å². The summed E-state index contributed by atoms with van der Waals surface area (Å²) in [6, 6.07) is 7.64. The zero-order valence-corrected chi connectivity index (χ0v) is 12.3. The van der Waals surface area contributed by atoms with E-state index in [0.29, 0.717) is 12.8 Å². The van der Waals surface area contributed by atoms with Crippen molar-refractivity contribution in [3.05, 3.63) is 29.8 Å². The van der Waals surface area contributed by atoms with Crippen LogP contribution in [0.2, 0.25) is 0 Å². The molecule has 0 bridgehead atoms. The summed E-state index contributed by atoms with van der Waals surface area (Å²) in [6.07, 6.45) is 6.34. The number of benzene rings is 1. The lowest BCUT2D eigenvalue weighted by Gasteiger charge is -2.46. The van der Waals surface area contributed by atoms with Crippen LogP contribution in [0.1, 0.15) is 44.1 Å². The Kier molecular flexibility index (Phi) is 4.15. The van der Waals surface area contributed by atoms with E-state index in [4.69, 9.17) is 15.2 Å². The summed E-state index contributed by atoms with van der Waals surface area (Å²) in [6.45, 7) is 0.718. The van der Waals surface area contributed by atoms with E-state index >= 15 is 0 Å². The summed E-state index contributed by atoms with van der Waals surface area (Å²) in [5.74, 6) is -0.104. The minimum absolute atomic E-state index is 0.0279. The maximum Gasteiger partial charge on any atom is 0.306 e. The van der Waals surface area contributed by atoms with Gasteiger partial charge in [0.2, 0.25) is 0 Å². The number of carbonyl (C=O) groups excluding carboxylic acids is 1. The van der Waals surface area contributed by atoms with Crippen LogP contribution in [0, 0.1) is 0 Å². The van der Waals surface area contributed by atoms with E-state index in [-0.39, 0.29) is 17.7 Å². The maximum atomic E-state index is 12.0. The van der Waals surface area contributed by atoms with Crippen molar-refractivity contribution in [2.45, 2.75) is 56.7 Å². The highest BCUT2D eigenvalue weighted by Crippen LogP contribution is 2.43. The van der Waals surface area contributed by atoms with Crippen molar-refractivity contribution in [3.63, 3.8) is 0 Å². The largest absolute Gasteiger partial charge is 0.462 e. The summed E-state index contributed by atoms with van der Waals surface area (Å²) in [4.78, 5) is 12.0. The molecular weight excluding hydrogens is 266 g/mol. The molecule has 1 unspecified atom stereocenters. The predicted octanol–water partition coefficient (Wildman–Crippen LogP) is 2.85. The number of nitrogen functional groups attached to an aromatic ring is 1. The Bertz CT molecular complexity index is 493. The predicted molar refractivity (Wildman–Crippen MR) is 80.8 cm³/mol. The first-order valence-corrected chi connectivity index (χ1v) is 7.83. The molecule has 114 valence electrons. The van der Waals surface area contributed by atoms with Crippen molar-refractivity contribution in [3.8, 4) is 0 Å². The second-order valence-electron chi connectivity index (χ2n) is 6.23. The molecule has 2 N–H and O–H groups in total. The van der Waals surface area contributed by atoms with Crippen LogP contribution in [0.5, 0.6) is 0 Å². The molecule has 1 aliphatic heterocycles. The third-order valence-corrected chi connectivity index (χ3v) is 4.61. The number of nitrogens with two attached hydrogens (primary N) is 1. The van der Waals surface area contributed by atoms with E-state index in [0.717, 1.165) is 43.5 Å². The van der Waals surface area contributed by atoms with Crippen molar-refractivity contribution in [1.29, 1.82) is 0 Å². The van der Waals surface area contributed by atoms with Gasteiger partial charge in [-0.15, -0.1) is 0 Å². The fourth-order valence-corrected chi connectivity index (χ4v) is 3.18. The molecule has 1 saturated heterocycles. The third-order valence-electron chi connectivity index (χ3n) is 4.61. The Hall–Kier alpha value is -1.55. The normalized spacial score (nSPS) is 23.5. The highest BCUT2D eigenvalue weighted by atomic mass is 16.6. The summed E-state index contributed by atoms with van der Waals surface area (Å²) >= 11 is 0. The van der Waals surface area contributed by atoms with Gasteiger partial charge in [-0.1, -0.05) is 12.1 Å². The Morgan fingerprint density at radius 2 is 2.10 bits per heavy atom. The lowest BCUT2D eigenvalue weighted by atomic mass is 9.74. The van der Waals surface area contributed by atoms with E-state index < -0.39 is 0 Å². The number of rotatable bonds is 4. The molecule has 21 heavy (non-hydrogen) atoms. The average molecular weight is 289 g/mol. The van der Waals surface area contributed by atoms with Crippen molar-refractivity contribution in [2.24, 2.45) is 0 Å². The van der Waals surface area contributed by atoms with Crippen LogP contribution in [-0.2, 0) is 20.7 Å². The second kappa shape index (κ2) is 6.06. The second-order valence-corrected chi connectivity index (χ2v) is 6.23. The molecule has 0 aromatic heterocycles. The number of hydrogen-bond donors (Lipinski definition) is 1. The Balaban J connectivity index is 1.44. The fourth-order valence-electron chi connectivity index (χ4n) is 3.18. The molecule has 1 aliphatic carbocycles. The van der Waals surface area contributed by atoms with Gasteiger partial charge in [0.15, 0.2) is 0 Å². The van der Waals surface area contributed by atoms with Gasteiger partial charge < -0.3 is 15.2 Å². The first-order valence-electron chi connectivity index (χ1n) is 7.83. The van der Waals surface area contributed by atoms with E-state index in [1.165, 1.54) is 6.42 Å². The van der Waals surface area contributed by atoms with Gasteiger partial charge in [0.1, 0.15) is 6.10 Å². The molecule has 4 heteroatoms. The third kappa shape index (κ3) is 3.56. The van der Waals surface area contributed by atoms with E-state index in [2.05, 4.69) is 0 Å². The van der Waals surface area contributed by atoms with Crippen LogP contribution in [0.25, 0.3) is 0 Å². The van der Waals surface area contributed by atoms with Gasteiger partial charge in [0.05, 0.1) is 12.2 Å². The van der Waals surface area contributed by atoms with Crippen LogP contribution >= 0.6 is 0 Å². The van der Waals surface area contributed by atoms with Crippen LogP contribution < -0.4 is 5.73 Å². The number of hydrogen-bond acceptors (Lipinski definition) is 4. The molecule has 3 rings (SSSR count). The molecule has 0 radical (unpaired) electrons. The molecule has 0 amide bonds. The van der Waals surface area contributed by atoms with Gasteiger partial charge in [-0.05, 0) is 43.4 Å². The topological polar surface area (TPSA) is 61.6 Å². The van der Waals surface area contributed by atoms with Crippen molar-refractivity contribution < 1.29 is 14.3 Å². The molecule has 4 nitrogen and oxygen atoms in total. The van der Waals surface area contributed by atoms with Gasteiger partial charge in [-0.25, -0.2) is 0 Å². The van der Waals surface area contributed by atoms with Crippen molar-refractivity contribution in [2.75, 3.05) is 12.3 Å². The van der Waals surface area contributed by atoms with Gasteiger partial charge in [0, 0.05) is 24.9 Å². The molecule has 1 saturated carbocycles. The first kappa shape index (κ1) is 14.4. The smallest absolute Gasteiger partial charge is 0.306 e. The zero-order valence-electron chi connectivity index (χ0n) is 12.3. The van der Waals surface area contributed by atoms with Crippen molar-refractivity contribution >= 4 is 11.7 Å². The molecular formula is C17H23NO3. The average Bonchev–Trinajstić information content (AvgIpc) is 2.45. The minimum Gasteiger partial charge on any atom is -0.462 e. The Labute approximate surface area is 125 Å². The molecule has 1 aromatic carbocycles. The lowest BCUT2D eigenvalue weighted by molar-refractivity contribution is -0.180. The fraction of sp³-hybridized carbons (Fsp3) is 0.588. The van der Waals surface area contributed by atoms with Crippen LogP contribution in [0.4, 0.5) is 5.69 Å². The standard InChI is InChI=1S/C17H23NO3/c18-14-5-2-13(3-6-14)4-7-16(19)21-15-8-11-20-17(12-15)9-1-10-17/h2-3,5-6,15H,1,4,7-12,18H2. The molecule has 1 atom stereocenters. The lowest BCUT2D eigenvalue weighted by Crippen LogP contribution is -2.48. The van der Waals surface area contributed by atoms with Gasteiger partial charge >= 0.3 is 5.97 Å². The number of carbonyl (C=O) groups is 1. The molecule has 2 aliphatic rings. The minimum atomic E-state index is -0.104. The number of ether oxygens (including phenoxy) is 2. The highest BCUT2D eigenvalue weighted by Gasteiger charge is 2.43. The summed E-state index contributed by atoms with van der Waals surface area (Å²) in [5.41, 5.74) is 7.53. The first-order chi connectivity index (χ1) is 10.2. The van der Waals surface area contributed by atoms with E-state index in [9.17, 15) is 4.79 Å². The SMILES string of the molecule is Nc1ccc(CCC(=O)OC2CCOC3(CCC3)C2)cc1. The molecule has 1 aromatic rings. The highest BCUT2D eigenvalue weighted by molar-refractivity contribution is 5.70. The monoisotopic (exact) mass is 289 g/mol. The van der Waals surface area contributed by atoms with Gasteiger partial charge in [0.25, 0.3) is 0 Å². The number of esters is 1. The van der Waals surface area contributed by atoms with E-state index in [1.807, 2.05) is 24.3 Å². The van der Waals surface area contributed by atoms with Crippen LogP contribution in [0.15, 0.2) is 24.3 Å². The Morgan fingerprint density at radius 3 is 2.76 bits per heavy atom. The van der Waals surface area contributed by atoms with Crippen molar-refractivity contribution in [1.82, 2.24) is 0 Å². The van der Waals surface area contributed by atoms with E-state index in [1.54, 1.807) is 0 Å². The zero-order chi connectivity index (χ0) is 14.7. The van der Waals surface area contributed by atoms with Crippen LogP contribution in [-0.4, -0.2) is 24.3 Å². The van der Waals surface area contributed by atoms with Crippen LogP contribution in [0.3, 0.4) is 0 Å². The Morgan fingerprint density at radius 1 is 1.33 bits per heavy atom. The summed E-state index contributed by atoms with van der Waals surface area (Å²) < 4.78 is 11.5.